The molecule has 1 unspecified atom stereocenters. The molecule has 1 aliphatic heterocycles. The molecule has 0 aliphatic carbocycles. The summed E-state index contributed by atoms with van der Waals surface area (Å²) < 4.78 is 4.49. The molecule has 0 spiro atoms. The molecule has 0 radical (unpaired) electrons. The molecule has 114 valence electrons. The lowest BCUT2D eigenvalue weighted by Gasteiger charge is -2.23. The number of para-hydroxylation sites is 1. The molecule has 1 aliphatic rings. The Morgan fingerprint density at radius 3 is 2.73 bits per heavy atom. The fourth-order valence-corrected chi connectivity index (χ4v) is 3.85. The number of hydrogen-bond acceptors (Lipinski definition) is 4. The summed E-state index contributed by atoms with van der Waals surface area (Å²) >= 11 is 1.60. The summed E-state index contributed by atoms with van der Waals surface area (Å²) in [7, 11) is 1.67. The first-order valence-corrected chi connectivity index (χ1v) is 8.15. The van der Waals surface area contributed by atoms with Gasteiger partial charge >= 0.3 is 0 Å². The first-order chi connectivity index (χ1) is 10.7. The van der Waals surface area contributed by atoms with Gasteiger partial charge < -0.3 is 4.74 Å². The van der Waals surface area contributed by atoms with Gasteiger partial charge in [0.25, 0.3) is 5.91 Å². The third-order valence-electron chi connectivity index (χ3n) is 3.82. The predicted octanol–water partition coefficient (Wildman–Crippen LogP) is 3.35. The predicted molar refractivity (Wildman–Crippen MR) is 89.5 cm³/mol. The Labute approximate surface area is 134 Å². The number of nitrogens with zero attached hydrogens (tertiary/aromatic N) is 2. The van der Waals surface area contributed by atoms with Crippen LogP contribution in [0.4, 0.5) is 11.5 Å². The molecule has 2 heterocycles. The maximum Gasteiger partial charge on any atom is 0.253 e. The number of carbonyl (C=O) groups excluding carboxylic acids is 1. The lowest BCUT2D eigenvalue weighted by Crippen LogP contribution is -2.33. The van der Waals surface area contributed by atoms with Crippen LogP contribution < -0.4 is 4.90 Å². The summed E-state index contributed by atoms with van der Waals surface area (Å²) in [6.07, 6.45) is 1.73. The van der Waals surface area contributed by atoms with Gasteiger partial charge in [0.1, 0.15) is 10.6 Å². The number of hydrogen-bond donors (Lipinski definition) is 0. The average molecular weight is 314 g/mol. The molecule has 0 N–H and O–H groups in total. The van der Waals surface area contributed by atoms with Crippen molar-refractivity contribution in [3.63, 3.8) is 0 Å². The number of carbonyl (C=O) groups is 1. The lowest BCUT2D eigenvalue weighted by molar-refractivity contribution is -0.119. The molecule has 1 aromatic carbocycles. The molecule has 0 fully saturated rings. The normalized spacial score (nSPS) is 20.3. The maximum absolute atomic E-state index is 13.1. The number of aromatic nitrogens is 1. The van der Waals surface area contributed by atoms with E-state index in [0.717, 1.165) is 22.8 Å². The van der Waals surface area contributed by atoms with Crippen LogP contribution in [0, 0.1) is 0 Å². The van der Waals surface area contributed by atoms with Crippen LogP contribution in [0.3, 0.4) is 0 Å². The van der Waals surface area contributed by atoms with Crippen molar-refractivity contribution >= 4 is 29.2 Å². The summed E-state index contributed by atoms with van der Waals surface area (Å²) in [5.41, 5.74) is 1.81. The van der Waals surface area contributed by atoms with E-state index in [-0.39, 0.29) is 5.91 Å². The fourth-order valence-electron chi connectivity index (χ4n) is 2.66. The Morgan fingerprint density at radius 1 is 1.23 bits per heavy atom. The van der Waals surface area contributed by atoms with Crippen molar-refractivity contribution in [2.45, 2.75) is 11.7 Å². The quantitative estimate of drug-likeness (QED) is 0.794. The van der Waals surface area contributed by atoms with Crippen molar-refractivity contribution in [1.29, 1.82) is 0 Å². The standard InChI is InChI=1S/C17H18N2O2S/c1-17(22-12-11-21-2)14-9-6-10-18-15(14)19(16(17)20)13-7-4-3-5-8-13/h3-10H,11-12H2,1-2H3. The number of benzene rings is 1. The largest absolute Gasteiger partial charge is 0.384 e. The number of thioether (sulfide) groups is 1. The van der Waals surface area contributed by atoms with E-state index in [1.807, 2.05) is 49.4 Å². The van der Waals surface area contributed by atoms with Gasteiger partial charge in [0.15, 0.2) is 0 Å². The average Bonchev–Trinajstić information content (AvgIpc) is 2.77. The number of amides is 1. The number of pyridine rings is 1. The highest BCUT2D eigenvalue weighted by atomic mass is 32.2. The van der Waals surface area contributed by atoms with Crippen LogP contribution in [0.15, 0.2) is 48.7 Å². The van der Waals surface area contributed by atoms with Crippen LogP contribution in [0.1, 0.15) is 12.5 Å². The van der Waals surface area contributed by atoms with Gasteiger partial charge in [-0.25, -0.2) is 4.98 Å². The van der Waals surface area contributed by atoms with Crippen molar-refractivity contribution < 1.29 is 9.53 Å². The van der Waals surface area contributed by atoms with Crippen LogP contribution in [-0.4, -0.2) is 30.4 Å². The molecule has 1 atom stereocenters. The maximum atomic E-state index is 13.1. The van der Waals surface area contributed by atoms with Gasteiger partial charge in [0, 0.05) is 24.6 Å². The van der Waals surface area contributed by atoms with Crippen LogP contribution in [0.25, 0.3) is 0 Å². The summed E-state index contributed by atoms with van der Waals surface area (Å²) in [5.74, 6) is 1.54. The Hall–Kier alpha value is -1.85. The van der Waals surface area contributed by atoms with Crippen molar-refractivity contribution in [2.75, 3.05) is 24.4 Å². The smallest absolute Gasteiger partial charge is 0.253 e. The molecule has 0 saturated carbocycles. The molecule has 0 bridgehead atoms. The monoisotopic (exact) mass is 314 g/mol. The summed E-state index contributed by atoms with van der Waals surface area (Å²) in [6, 6.07) is 13.5. The second-order valence-electron chi connectivity index (χ2n) is 5.23. The minimum absolute atomic E-state index is 0.0495. The Balaban J connectivity index is 2.03. The second-order valence-corrected chi connectivity index (χ2v) is 6.74. The molecule has 2 aromatic rings. The zero-order chi connectivity index (χ0) is 15.6. The van der Waals surface area contributed by atoms with E-state index in [2.05, 4.69) is 4.98 Å². The van der Waals surface area contributed by atoms with E-state index < -0.39 is 4.75 Å². The Morgan fingerprint density at radius 2 is 2.00 bits per heavy atom. The lowest BCUT2D eigenvalue weighted by atomic mass is 10.0. The third kappa shape index (κ3) is 2.40. The summed E-state index contributed by atoms with van der Waals surface area (Å²) in [4.78, 5) is 19.3. The van der Waals surface area contributed by atoms with E-state index >= 15 is 0 Å². The van der Waals surface area contributed by atoms with E-state index in [9.17, 15) is 4.79 Å². The summed E-state index contributed by atoms with van der Waals surface area (Å²) in [5, 5.41) is 0. The molecular formula is C17H18N2O2S. The molecule has 22 heavy (non-hydrogen) atoms. The van der Waals surface area contributed by atoms with E-state index in [1.54, 1.807) is 30.0 Å². The van der Waals surface area contributed by atoms with Crippen molar-refractivity contribution in [2.24, 2.45) is 0 Å². The Kier molecular flexibility index (Phi) is 4.18. The first kappa shape index (κ1) is 15.1. The Bertz CT molecular complexity index is 677. The highest BCUT2D eigenvalue weighted by molar-refractivity contribution is 8.01. The number of ether oxygens (including phenoxy) is 1. The van der Waals surface area contributed by atoms with Crippen LogP contribution in [0.2, 0.25) is 0 Å². The number of methoxy groups -OCH3 is 1. The first-order valence-electron chi connectivity index (χ1n) is 7.16. The van der Waals surface area contributed by atoms with Crippen LogP contribution >= 0.6 is 11.8 Å². The van der Waals surface area contributed by atoms with Crippen molar-refractivity contribution in [1.82, 2.24) is 4.98 Å². The molecule has 1 amide bonds. The highest BCUT2D eigenvalue weighted by Crippen LogP contribution is 2.49. The molecule has 0 saturated heterocycles. The SMILES string of the molecule is COCCSC1(C)C(=O)N(c2ccccc2)c2ncccc21. The molecular weight excluding hydrogens is 296 g/mol. The zero-order valence-corrected chi connectivity index (χ0v) is 13.5. The van der Waals surface area contributed by atoms with E-state index in [0.29, 0.717) is 6.61 Å². The van der Waals surface area contributed by atoms with E-state index in [1.165, 1.54) is 0 Å². The molecule has 3 rings (SSSR count). The van der Waals surface area contributed by atoms with E-state index in [4.69, 9.17) is 4.74 Å². The van der Waals surface area contributed by atoms with Crippen LogP contribution in [0.5, 0.6) is 0 Å². The minimum atomic E-state index is -0.627. The van der Waals surface area contributed by atoms with Crippen molar-refractivity contribution in [3.8, 4) is 0 Å². The van der Waals surface area contributed by atoms with Crippen molar-refractivity contribution in [3.05, 3.63) is 54.2 Å². The number of fused-ring (bicyclic) bond motifs is 1. The molecule has 1 aromatic heterocycles. The second kappa shape index (κ2) is 6.10. The fraction of sp³-hybridized carbons (Fsp3) is 0.294. The van der Waals surface area contributed by atoms with Gasteiger partial charge in [-0.1, -0.05) is 24.3 Å². The number of anilines is 2. The van der Waals surface area contributed by atoms with Gasteiger partial charge in [-0.2, -0.15) is 0 Å². The minimum Gasteiger partial charge on any atom is -0.384 e. The molecule has 4 nitrogen and oxygen atoms in total. The zero-order valence-electron chi connectivity index (χ0n) is 12.7. The number of rotatable bonds is 5. The van der Waals surface area contributed by atoms with Gasteiger partial charge in [0.05, 0.1) is 12.3 Å². The van der Waals surface area contributed by atoms with Gasteiger partial charge in [-0.3, -0.25) is 9.69 Å². The van der Waals surface area contributed by atoms with Gasteiger partial charge in [-0.05, 0) is 25.1 Å². The summed E-state index contributed by atoms with van der Waals surface area (Å²) in [6.45, 7) is 2.59. The topological polar surface area (TPSA) is 42.4 Å². The highest BCUT2D eigenvalue weighted by Gasteiger charge is 2.49. The van der Waals surface area contributed by atoms with Crippen LogP contribution in [-0.2, 0) is 14.3 Å². The van der Waals surface area contributed by atoms with Gasteiger partial charge in [-0.15, -0.1) is 11.8 Å². The third-order valence-corrected chi connectivity index (χ3v) is 5.16. The van der Waals surface area contributed by atoms with Gasteiger partial charge in [0.2, 0.25) is 0 Å². The molecule has 5 heteroatoms.